The molecule has 0 atom stereocenters. The summed E-state index contributed by atoms with van der Waals surface area (Å²) in [5, 5.41) is 0.813. The van der Waals surface area contributed by atoms with Crippen LogP contribution in [0.1, 0.15) is 71.1 Å². The summed E-state index contributed by atoms with van der Waals surface area (Å²) < 4.78 is 13.4. The number of hydrogen-bond acceptors (Lipinski definition) is 4. The average Bonchev–Trinajstić information content (AvgIpc) is 3.15. The lowest BCUT2D eigenvalue weighted by Gasteiger charge is -2.21. The molecule has 3 aromatic rings. The molecule has 180 valence electrons. The monoisotopic (exact) mass is 488 g/mol. The largest absolute Gasteiger partial charge is 0.294 e. The van der Waals surface area contributed by atoms with Crippen molar-refractivity contribution in [3.8, 4) is 0 Å². The van der Waals surface area contributed by atoms with Crippen molar-refractivity contribution in [3.05, 3.63) is 87.0 Å². The van der Waals surface area contributed by atoms with Crippen LogP contribution >= 0.6 is 11.3 Å². The SMILES string of the molecule is CC(C)(C)c1ccc(C2=NCC(=O)N(CC(=O)c3ccc(F)cc3)c3sc4c(c32)CCCC4)cc1. The fraction of sp³-hybridized carbons (Fsp3) is 0.345. The number of hydrogen-bond donors (Lipinski definition) is 0. The second-order valence-electron chi connectivity index (χ2n) is 10.3. The van der Waals surface area contributed by atoms with E-state index in [-0.39, 0.29) is 30.2 Å². The Kier molecular flexibility index (Phi) is 6.18. The average molecular weight is 489 g/mol. The minimum atomic E-state index is -0.392. The highest BCUT2D eigenvalue weighted by Gasteiger charge is 2.33. The van der Waals surface area contributed by atoms with Crippen LogP contribution in [0.25, 0.3) is 0 Å². The fourth-order valence-corrected chi connectivity index (χ4v) is 6.21. The number of benzene rings is 2. The van der Waals surface area contributed by atoms with Gasteiger partial charge in [0.25, 0.3) is 0 Å². The zero-order valence-corrected chi connectivity index (χ0v) is 21.2. The molecule has 1 aromatic heterocycles. The maximum absolute atomic E-state index is 13.4. The summed E-state index contributed by atoms with van der Waals surface area (Å²) in [6.07, 6.45) is 4.17. The molecule has 0 radical (unpaired) electrons. The predicted octanol–water partition coefficient (Wildman–Crippen LogP) is 6.13. The Morgan fingerprint density at radius 3 is 2.40 bits per heavy atom. The summed E-state index contributed by atoms with van der Waals surface area (Å²) in [6, 6.07) is 14.0. The van der Waals surface area contributed by atoms with Gasteiger partial charge >= 0.3 is 0 Å². The molecule has 0 saturated carbocycles. The molecule has 0 bridgehead atoms. The van der Waals surface area contributed by atoms with E-state index in [9.17, 15) is 14.0 Å². The van der Waals surface area contributed by atoms with Gasteiger partial charge in [0.15, 0.2) is 5.78 Å². The third-order valence-corrected chi connectivity index (χ3v) is 8.12. The van der Waals surface area contributed by atoms with Gasteiger partial charge in [0.1, 0.15) is 17.4 Å². The summed E-state index contributed by atoms with van der Waals surface area (Å²) in [7, 11) is 0. The van der Waals surface area contributed by atoms with E-state index in [4.69, 9.17) is 4.99 Å². The van der Waals surface area contributed by atoms with E-state index in [2.05, 4.69) is 45.0 Å². The van der Waals surface area contributed by atoms with Crippen molar-refractivity contribution < 1.29 is 14.0 Å². The Hall–Kier alpha value is -3.12. The van der Waals surface area contributed by atoms with Crippen molar-refractivity contribution in [1.29, 1.82) is 0 Å². The summed E-state index contributed by atoms with van der Waals surface area (Å²) in [4.78, 5) is 34.0. The predicted molar refractivity (Wildman–Crippen MR) is 140 cm³/mol. The summed E-state index contributed by atoms with van der Waals surface area (Å²) in [5.41, 5.74) is 5.78. The highest BCUT2D eigenvalue weighted by Crippen LogP contribution is 2.43. The molecule has 4 nitrogen and oxygen atoms in total. The molecule has 35 heavy (non-hydrogen) atoms. The van der Waals surface area contributed by atoms with Gasteiger partial charge in [-0.2, -0.15) is 0 Å². The molecule has 0 unspecified atom stereocenters. The highest BCUT2D eigenvalue weighted by atomic mass is 32.1. The Morgan fingerprint density at radius 2 is 1.71 bits per heavy atom. The van der Waals surface area contributed by atoms with Crippen LogP contribution in [0.5, 0.6) is 0 Å². The number of anilines is 1. The molecule has 0 saturated heterocycles. The second kappa shape index (κ2) is 9.15. The molecule has 0 fully saturated rings. The first-order chi connectivity index (χ1) is 16.7. The van der Waals surface area contributed by atoms with Crippen molar-refractivity contribution in [2.24, 2.45) is 4.99 Å². The van der Waals surface area contributed by atoms with Crippen molar-refractivity contribution in [1.82, 2.24) is 0 Å². The number of aliphatic imine (C=N–C) groups is 1. The fourth-order valence-electron chi connectivity index (χ4n) is 4.80. The van der Waals surface area contributed by atoms with Crippen LogP contribution in [0.4, 0.5) is 9.39 Å². The van der Waals surface area contributed by atoms with Crippen LogP contribution in [0.3, 0.4) is 0 Å². The number of aryl methyl sites for hydroxylation is 1. The highest BCUT2D eigenvalue weighted by molar-refractivity contribution is 7.17. The third-order valence-electron chi connectivity index (χ3n) is 6.80. The zero-order valence-electron chi connectivity index (χ0n) is 20.4. The number of rotatable bonds is 4. The molecule has 2 aliphatic rings. The van der Waals surface area contributed by atoms with Crippen molar-refractivity contribution in [2.75, 3.05) is 18.0 Å². The lowest BCUT2D eigenvalue weighted by atomic mass is 9.85. The smallest absolute Gasteiger partial charge is 0.249 e. The van der Waals surface area contributed by atoms with Gasteiger partial charge in [-0.1, -0.05) is 45.0 Å². The molecule has 2 aromatic carbocycles. The van der Waals surface area contributed by atoms with E-state index < -0.39 is 5.82 Å². The Balaban J connectivity index is 1.57. The van der Waals surface area contributed by atoms with Crippen LogP contribution in [0.15, 0.2) is 53.5 Å². The summed E-state index contributed by atoms with van der Waals surface area (Å²) >= 11 is 1.62. The molecule has 6 heteroatoms. The van der Waals surface area contributed by atoms with E-state index in [1.54, 1.807) is 16.2 Å². The topological polar surface area (TPSA) is 49.7 Å². The van der Waals surface area contributed by atoms with Gasteiger partial charge < -0.3 is 0 Å². The first kappa shape index (κ1) is 23.6. The number of carbonyl (C=O) groups excluding carboxylic acids is 2. The van der Waals surface area contributed by atoms with E-state index in [1.807, 2.05) is 0 Å². The number of amides is 1. The summed E-state index contributed by atoms with van der Waals surface area (Å²) in [5.74, 6) is -0.800. The molecule has 2 heterocycles. The lowest BCUT2D eigenvalue weighted by molar-refractivity contribution is -0.117. The van der Waals surface area contributed by atoms with Crippen LogP contribution in [-0.4, -0.2) is 30.5 Å². The van der Waals surface area contributed by atoms with E-state index >= 15 is 0 Å². The Morgan fingerprint density at radius 1 is 1.03 bits per heavy atom. The normalized spacial score (nSPS) is 15.8. The van der Waals surface area contributed by atoms with Crippen LogP contribution in [0, 0.1) is 5.82 Å². The Labute approximate surface area is 209 Å². The molecule has 1 amide bonds. The Bertz CT molecular complexity index is 1310. The van der Waals surface area contributed by atoms with Gasteiger partial charge in [0, 0.05) is 21.6 Å². The van der Waals surface area contributed by atoms with Gasteiger partial charge in [0.05, 0.1) is 12.3 Å². The molecule has 0 spiro atoms. The van der Waals surface area contributed by atoms with Crippen molar-refractivity contribution in [3.63, 3.8) is 0 Å². The van der Waals surface area contributed by atoms with Gasteiger partial charge in [0.2, 0.25) is 5.91 Å². The minimum Gasteiger partial charge on any atom is -0.294 e. The number of fused-ring (bicyclic) bond motifs is 3. The second-order valence-corrected chi connectivity index (χ2v) is 11.4. The molecular weight excluding hydrogens is 459 g/mol. The maximum Gasteiger partial charge on any atom is 0.249 e. The molecular formula is C29H29FN2O2S. The lowest BCUT2D eigenvalue weighted by Crippen LogP contribution is -2.36. The number of thiophene rings is 1. The van der Waals surface area contributed by atoms with Crippen LogP contribution in [-0.2, 0) is 23.1 Å². The van der Waals surface area contributed by atoms with E-state index in [1.165, 1.54) is 40.3 Å². The number of Topliss-reactive ketones (excluding diaryl/α,β-unsaturated/α-hetero) is 1. The quantitative estimate of drug-likeness (QED) is 0.415. The van der Waals surface area contributed by atoms with E-state index in [0.29, 0.717) is 5.56 Å². The first-order valence-electron chi connectivity index (χ1n) is 12.1. The van der Waals surface area contributed by atoms with Gasteiger partial charge in [-0.25, -0.2) is 4.39 Å². The van der Waals surface area contributed by atoms with Crippen LogP contribution in [0.2, 0.25) is 0 Å². The molecule has 5 rings (SSSR count). The third kappa shape index (κ3) is 4.59. The van der Waals surface area contributed by atoms with Crippen molar-refractivity contribution in [2.45, 2.75) is 51.9 Å². The standard InChI is InChI=1S/C29H29FN2O2S/c1-29(2,3)20-12-8-19(9-13-20)27-26-22-6-4-5-7-24(22)35-28(26)32(25(34)16-31-27)17-23(33)18-10-14-21(30)15-11-18/h8-15H,4-7,16-17H2,1-3H3. The number of halogens is 1. The molecule has 1 aliphatic heterocycles. The first-order valence-corrected chi connectivity index (χ1v) is 12.9. The van der Waals surface area contributed by atoms with Gasteiger partial charge in [-0.3, -0.25) is 19.5 Å². The van der Waals surface area contributed by atoms with Crippen molar-refractivity contribution >= 4 is 33.7 Å². The maximum atomic E-state index is 13.4. The van der Waals surface area contributed by atoms with E-state index in [0.717, 1.165) is 47.5 Å². The number of ketones is 1. The zero-order chi connectivity index (χ0) is 24.7. The van der Waals surface area contributed by atoms with Gasteiger partial charge in [-0.05, 0) is 66.5 Å². The number of nitrogens with zero attached hydrogens (tertiary/aromatic N) is 2. The van der Waals surface area contributed by atoms with Crippen LogP contribution < -0.4 is 4.90 Å². The molecule has 1 aliphatic carbocycles. The number of carbonyl (C=O) groups is 2. The molecule has 0 N–H and O–H groups in total. The van der Waals surface area contributed by atoms with Gasteiger partial charge in [-0.15, -0.1) is 11.3 Å². The minimum absolute atomic E-state index is 0.0107. The summed E-state index contributed by atoms with van der Waals surface area (Å²) in [6.45, 7) is 6.47.